The normalized spacial score (nSPS) is 19.2. The molecule has 0 radical (unpaired) electrons. The number of nitrogens with zero attached hydrogens (tertiary/aromatic N) is 4. The molecule has 0 bridgehead atoms. The number of fused-ring (bicyclic) bond motifs is 2. The molecule has 0 amide bonds. The molecule has 1 aliphatic rings. The number of nitrogen functional groups attached to an aromatic ring is 1. The van der Waals surface area contributed by atoms with Crippen LogP contribution in [-0.2, 0) is 4.74 Å². The molecular formula is C21H20BrN5O2. The van der Waals surface area contributed by atoms with Crippen molar-refractivity contribution in [3.63, 3.8) is 0 Å². The molecule has 5 rings (SSSR count). The van der Waals surface area contributed by atoms with Crippen LogP contribution >= 0.6 is 15.9 Å². The van der Waals surface area contributed by atoms with Gasteiger partial charge in [0.2, 0.25) is 0 Å². The van der Waals surface area contributed by atoms with E-state index >= 15 is 0 Å². The van der Waals surface area contributed by atoms with Crippen LogP contribution in [0.15, 0.2) is 47.2 Å². The van der Waals surface area contributed by atoms with Gasteiger partial charge in [-0.1, -0.05) is 0 Å². The summed E-state index contributed by atoms with van der Waals surface area (Å²) in [4.78, 5) is 13.2. The zero-order valence-corrected chi connectivity index (χ0v) is 17.5. The van der Waals surface area contributed by atoms with Crippen LogP contribution in [0, 0.1) is 6.92 Å². The number of aryl methyl sites for hydroxylation is 1. The minimum atomic E-state index is -0.0783. The highest BCUT2D eigenvalue weighted by atomic mass is 79.9. The summed E-state index contributed by atoms with van der Waals surface area (Å²) in [5, 5.41) is 1.93. The number of ether oxygens (including phenoxy) is 2. The first-order valence-electron chi connectivity index (χ1n) is 9.51. The molecule has 8 heteroatoms. The number of pyridine rings is 1. The molecule has 0 spiro atoms. The van der Waals surface area contributed by atoms with Gasteiger partial charge in [-0.05, 0) is 60.0 Å². The van der Waals surface area contributed by atoms with Gasteiger partial charge in [0.15, 0.2) is 0 Å². The highest BCUT2D eigenvalue weighted by molar-refractivity contribution is 9.10. The summed E-state index contributed by atoms with van der Waals surface area (Å²) in [5.41, 5.74) is 7.74. The number of benzene rings is 1. The van der Waals surface area contributed by atoms with E-state index < -0.39 is 0 Å². The van der Waals surface area contributed by atoms with Crippen molar-refractivity contribution in [3.05, 3.63) is 53.0 Å². The summed E-state index contributed by atoms with van der Waals surface area (Å²) in [5.74, 6) is 1.95. The van der Waals surface area contributed by atoms with Gasteiger partial charge in [-0.25, -0.2) is 9.97 Å². The Morgan fingerprint density at radius 2 is 2.14 bits per heavy atom. The first-order valence-corrected chi connectivity index (χ1v) is 10.3. The minimum Gasteiger partial charge on any atom is -0.491 e. The molecule has 4 aromatic rings. The standard InChI is InChI=1S/C21H20BrN5O2/c1-12-25-20(23)17-6-7-27(21(17)26-12)19-5-4-16(29-19)11-28-15-3-2-13-8-14(22)10-24-18(13)9-15/h2-3,6-10,16,19H,4-5,11H2,1H3,(H2,23,25,26)/t16-,19+/m0/s1. The van der Waals surface area contributed by atoms with E-state index in [-0.39, 0.29) is 12.3 Å². The Labute approximate surface area is 176 Å². The molecule has 148 valence electrons. The number of anilines is 1. The van der Waals surface area contributed by atoms with E-state index in [4.69, 9.17) is 15.2 Å². The van der Waals surface area contributed by atoms with Crippen LogP contribution in [-0.4, -0.2) is 32.2 Å². The summed E-state index contributed by atoms with van der Waals surface area (Å²) in [6.07, 6.45) is 5.51. The number of nitrogens with two attached hydrogens (primary N) is 1. The Morgan fingerprint density at radius 3 is 3.03 bits per heavy atom. The summed E-state index contributed by atoms with van der Waals surface area (Å²) in [7, 11) is 0. The van der Waals surface area contributed by atoms with Crippen molar-refractivity contribution in [3.8, 4) is 5.75 Å². The van der Waals surface area contributed by atoms with Gasteiger partial charge in [-0.15, -0.1) is 0 Å². The summed E-state index contributed by atoms with van der Waals surface area (Å²) < 4.78 is 15.2. The van der Waals surface area contributed by atoms with Gasteiger partial charge in [0.1, 0.15) is 35.9 Å². The Balaban J connectivity index is 1.28. The fourth-order valence-corrected chi connectivity index (χ4v) is 4.12. The summed E-state index contributed by atoms with van der Waals surface area (Å²) >= 11 is 3.44. The van der Waals surface area contributed by atoms with Crippen molar-refractivity contribution in [2.75, 3.05) is 12.3 Å². The molecule has 1 saturated heterocycles. The number of hydrogen-bond acceptors (Lipinski definition) is 6. The van der Waals surface area contributed by atoms with Gasteiger partial charge in [0.05, 0.1) is 17.0 Å². The molecule has 29 heavy (non-hydrogen) atoms. The fourth-order valence-electron chi connectivity index (χ4n) is 3.77. The Morgan fingerprint density at radius 1 is 1.24 bits per heavy atom. The topological polar surface area (TPSA) is 88.1 Å². The molecule has 1 aliphatic heterocycles. The van der Waals surface area contributed by atoms with Crippen LogP contribution < -0.4 is 10.5 Å². The predicted octanol–water partition coefficient (Wildman–Crippen LogP) is 4.39. The third-order valence-electron chi connectivity index (χ3n) is 5.17. The van der Waals surface area contributed by atoms with Gasteiger partial charge in [0, 0.05) is 28.3 Å². The van der Waals surface area contributed by atoms with E-state index in [1.165, 1.54) is 0 Å². The Kier molecular flexibility index (Phi) is 4.60. The second kappa shape index (κ2) is 7.27. The predicted molar refractivity (Wildman–Crippen MR) is 115 cm³/mol. The third kappa shape index (κ3) is 3.54. The molecule has 1 aromatic carbocycles. The minimum absolute atomic E-state index is 0.0197. The first kappa shape index (κ1) is 18.3. The van der Waals surface area contributed by atoms with Crippen molar-refractivity contribution in [1.82, 2.24) is 19.5 Å². The zero-order chi connectivity index (χ0) is 20.0. The number of halogens is 1. The molecule has 1 fully saturated rings. The number of hydrogen-bond donors (Lipinski definition) is 1. The summed E-state index contributed by atoms with van der Waals surface area (Å²) in [6, 6.07) is 9.91. The SMILES string of the molecule is Cc1nc(N)c2ccn([C@H]3CC[C@@H](COc4ccc5cc(Br)cnc5c4)O3)c2n1. The maximum absolute atomic E-state index is 6.23. The molecule has 7 nitrogen and oxygen atoms in total. The van der Waals surface area contributed by atoms with Crippen molar-refractivity contribution in [2.45, 2.75) is 32.1 Å². The van der Waals surface area contributed by atoms with Crippen molar-refractivity contribution in [1.29, 1.82) is 0 Å². The Bertz CT molecular complexity index is 1210. The van der Waals surface area contributed by atoms with E-state index in [0.717, 1.165) is 45.0 Å². The Hall–Kier alpha value is -2.71. The lowest BCUT2D eigenvalue weighted by Crippen LogP contribution is -2.18. The van der Waals surface area contributed by atoms with Crippen LogP contribution in [0.5, 0.6) is 5.75 Å². The van der Waals surface area contributed by atoms with Crippen LogP contribution in [0.1, 0.15) is 24.9 Å². The first-order chi connectivity index (χ1) is 14.1. The van der Waals surface area contributed by atoms with Crippen molar-refractivity contribution < 1.29 is 9.47 Å². The molecule has 0 saturated carbocycles. The second-order valence-corrected chi connectivity index (χ2v) is 8.14. The zero-order valence-electron chi connectivity index (χ0n) is 15.9. The lowest BCUT2D eigenvalue weighted by atomic mass is 10.2. The molecular weight excluding hydrogens is 434 g/mol. The fraction of sp³-hybridized carbons (Fsp3) is 0.286. The van der Waals surface area contributed by atoms with Gasteiger partial charge < -0.3 is 19.8 Å². The second-order valence-electron chi connectivity index (χ2n) is 7.23. The van der Waals surface area contributed by atoms with Crippen LogP contribution in [0.4, 0.5) is 5.82 Å². The number of aromatic nitrogens is 4. The van der Waals surface area contributed by atoms with Gasteiger partial charge in [-0.2, -0.15) is 0 Å². The quantitative estimate of drug-likeness (QED) is 0.492. The lowest BCUT2D eigenvalue weighted by molar-refractivity contribution is -0.0156. The van der Waals surface area contributed by atoms with Crippen LogP contribution in [0.25, 0.3) is 21.9 Å². The molecule has 2 N–H and O–H groups in total. The van der Waals surface area contributed by atoms with E-state index in [1.54, 1.807) is 6.20 Å². The largest absolute Gasteiger partial charge is 0.491 e. The van der Waals surface area contributed by atoms with E-state index in [0.29, 0.717) is 18.2 Å². The molecule has 2 atom stereocenters. The highest BCUT2D eigenvalue weighted by Crippen LogP contribution is 2.32. The maximum atomic E-state index is 6.23. The van der Waals surface area contributed by atoms with Gasteiger partial charge in [0.25, 0.3) is 0 Å². The smallest absolute Gasteiger partial charge is 0.147 e. The maximum Gasteiger partial charge on any atom is 0.147 e. The van der Waals surface area contributed by atoms with E-state index in [9.17, 15) is 0 Å². The molecule has 4 heterocycles. The van der Waals surface area contributed by atoms with Gasteiger partial charge in [-0.3, -0.25) is 4.98 Å². The number of rotatable bonds is 4. The lowest BCUT2D eigenvalue weighted by Gasteiger charge is -2.17. The summed E-state index contributed by atoms with van der Waals surface area (Å²) in [6.45, 7) is 2.34. The molecule has 0 aliphatic carbocycles. The van der Waals surface area contributed by atoms with E-state index in [2.05, 4.69) is 30.9 Å². The van der Waals surface area contributed by atoms with Crippen LogP contribution in [0.2, 0.25) is 0 Å². The average Bonchev–Trinajstić information content (AvgIpc) is 3.33. The molecule has 3 aromatic heterocycles. The monoisotopic (exact) mass is 453 g/mol. The third-order valence-corrected chi connectivity index (χ3v) is 5.60. The van der Waals surface area contributed by atoms with Crippen molar-refractivity contribution >= 4 is 43.7 Å². The van der Waals surface area contributed by atoms with Crippen molar-refractivity contribution in [2.24, 2.45) is 0 Å². The average molecular weight is 454 g/mol. The van der Waals surface area contributed by atoms with Gasteiger partial charge >= 0.3 is 0 Å². The highest BCUT2D eigenvalue weighted by Gasteiger charge is 2.28. The molecule has 0 unspecified atom stereocenters. The van der Waals surface area contributed by atoms with E-state index in [1.807, 2.05) is 48.0 Å². The van der Waals surface area contributed by atoms with Crippen LogP contribution in [0.3, 0.4) is 0 Å².